The number of fused-ring (bicyclic) bond motifs is 1. The van der Waals surface area contributed by atoms with Gasteiger partial charge in [0.15, 0.2) is 0 Å². The Morgan fingerprint density at radius 2 is 2.27 bits per heavy atom. The first-order valence-corrected chi connectivity index (χ1v) is 4.03. The Balaban J connectivity index is 2.38. The summed E-state index contributed by atoms with van der Waals surface area (Å²) in [5, 5.41) is 7.69. The van der Waals surface area contributed by atoms with Crippen molar-refractivity contribution in [1.29, 1.82) is 0 Å². The third-order valence-electron chi connectivity index (χ3n) is 1.65. The van der Waals surface area contributed by atoms with Crippen molar-refractivity contribution in [1.82, 2.24) is 0 Å². The second-order valence-corrected chi connectivity index (χ2v) is 3.33. The van der Waals surface area contributed by atoms with Crippen molar-refractivity contribution >= 4 is 27.5 Å². The molecule has 1 aliphatic carbocycles. The van der Waals surface area contributed by atoms with E-state index in [2.05, 4.69) is 26.1 Å². The van der Waals surface area contributed by atoms with Crippen LogP contribution in [0.1, 0.15) is 0 Å². The van der Waals surface area contributed by atoms with Gasteiger partial charge in [-0.05, 0) is 6.08 Å². The first-order chi connectivity index (χ1) is 5.27. The van der Waals surface area contributed by atoms with Gasteiger partial charge in [0, 0.05) is 4.48 Å². The van der Waals surface area contributed by atoms with Crippen LogP contribution in [0.2, 0.25) is 0 Å². The van der Waals surface area contributed by atoms with Gasteiger partial charge >= 0.3 is 0 Å². The van der Waals surface area contributed by atoms with E-state index in [1.54, 1.807) is 0 Å². The zero-order valence-electron chi connectivity index (χ0n) is 5.66. The minimum absolute atomic E-state index is 0.108. The van der Waals surface area contributed by atoms with Crippen LogP contribution in [0.5, 0.6) is 0 Å². The van der Waals surface area contributed by atoms with Crippen molar-refractivity contribution < 1.29 is 0 Å². The Morgan fingerprint density at radius 1 is 1.45 bits per heavy atom. The Morgan fingerprint density at radius 3 is 3.09 bits per heavy atom. The van der Waals surface area contributed by atoms with Crippen molar-refractivity contribution in [2.45, 2.75) is 0 Å². The first kappa shape index (κ1) is 6.79. The molecule has 2 aliphatic rings. The zero-order valence-corrected chi connectivity index (χ0v) is 7.25. The van der Waals surface area contributed by atoms with Gasteiger partial charge in [-0.3, -0.25) is 0 Å². The van der Waals surface area contributed by atoms with E-state index >= 15 is 0 Å². The van der Waals surface area contributed by atoms with Crippen LogP contribution in [-0.2, 0) is 0 Å². The highest BCUT2D eigenvalue weighted by molar-refractivity contribution is 9.11. The van der Waals surface area contributed by atoms with E-state index in [1.165, 1.54) is 0 Å². The van der Waals surface area contributed by atoms with E-state index in [0.29, 0.717) is 5.84 Å². The van der Waals surface area contributed by atoms with Gasteiger partial charge in [0.05, 0.1) is 11.6 Å². The van der Waals surface area contributed by atoms with Gasteiger partial charge in [0.25, 0.3) is 0 Å². The fraction of sp³-hybridized carbons (Fsp3) is 0.143. The molecule has 0 saturated heterocycles. The Bertz CT molecular complexity index is 312. The summed E-state index contributed by atoms with van der Waals surface area (Å²) in [6.45, 7) is 0. The SMILES string of the molecule is NC1=NN=C2C=C(Br)C=C[C@@H]12. The minimum Gasteiger partial charge on any atom is -0.385 e. The molecule has 0 bridgehead atoms. The average Bonchev–Trinajstić information content (AvgIpc) is 2.32. The number of nitrogens with two attached hydrogens (primary N) is 1. The molecule has 0 aromatic rings. The zero-order chi connectivity index (χ0) is 7.84. The fourth-order valence-corrected chi connectivity index (χ4v) is 1.47. The largest absolute Gasteiger partial charge is 0.385 e. The molecule has 0 aromatic heterocycles. The van der Waals surface area contributed by atoms with Gasteiger partial charge in [-0.25, -0.2) is 0 Å². The van der Waals surface area contributed by atoms with Crippen molar-refractivity contribution in [2.24, 2.45) is 21.9 Å². The van der Waals surface area contributed by atoms with Gasteiger partial charge in [0.1, 0.15) is 5.84 Å². The van der Waals surface area contributed by atoms with Crippen LogP contribution in [0.15, 0.2) is 32.9 Å². The van der Waals surface area contributed by atoms with E-state index in [0.717, 1.165) is 10.2 Å². The molecule has 0 amide bonds. The molecular formula is C7H6BrN3. The molecule has 2 rings (SSSR count). The summed E-state index contributed by atoms with van der Waals surface area (Å²) in [5.41, 5.74) is 6.49. The summed E-state index contributed by atoms with van der Waals surface area (Å²) < 4.78 is 1.01. The maximum atomic E-state index is 5.57. The molecule has 1 atom stereocenters. The molecule has 0 fully saturated rings. The molecule has 1 aliphatic heterocycles. The molecule has 11 heavy (non-hydrogen) atoms. The van der Waals surface area contributed by atoms with Crippen LogP contribution >= 0.6 is 15.9 Å². The molecule has 1 heterocycles. The van der Waals surface area contributed by atoms with E-state index < -0.39 is 0 Å². The number of halogens is 1. The van der Waals surface area contributed by atoms with Crippen LogP contribution < -0.4 is 5.73 Å². The lowest BCUT2D eigenvalue weighted by molar-refractivity contribution is 1.21. The van der Waals surface area contributed by atoms with E-state index in [4.69, 9.17) is 5.73 Å². The molecule has 0 spiro atoms. The molecule has 3 nitrogen and oxygen atoms in total. The number of nitrogens with zero attached hydrogens (tertiary/aromatic N) is 2. The molecule has 0 radical (unpaired) electrons. The Labute approximate surface area is 72.5 Å². The van der Waals surface area contributed by atoms with Crippen LogP contribution in [0.3, 0.4) is 0 Å². The van der Waals surface area contributed by atoms with E-state index in [1.807, 2.05) is 18.2 Å². The van der Waals surface area contributed by atoms with E-state index in [9.17, 15) is 0 Å². The number of hydrogen-bond donors (Lipinski definition) is 1. The molecule has 4 heteroatoms. The average molecular weight is 212 g/mol. The predicted octanol–water partition coefficient (Wildman–Crippen LogP) is 1.18. The predicted molar refractivity (Wildman–Crippen MR) is 48.7 cm³/mol. The number of allylic oxidation sites excluding steroid dienone is 3. The highest BCUT2D eigenvalue weighted by atomic mass is 79.9. The fourth-order valence-electron chi connectivity index (χ4n) is 1.08. The van der Waals surface area contributed by atoms with Crippen molar-refractivity contribution in [2.75, 3.05) is 0 Å². The molecule has 2 N–H and O–H groups in total. The number of hydrogen-bond acceptors (Lipinski definition) is 3. The number of amidine groups is 1. The number of rotatable bonds is 0. The second kappa shape index (κ2) is 2.30. The van der Waals surface area contributed by atoms with Crippen LogP contribution in [0.4, 0.5) is 0 Å². The standard InChI is InChI=1S/C7H6BrN3/c8-4-1-2-5-6(3-4)10-11-7(5)9/h1-3,5H,(H2,9,11)/t5-/m1/s1. The van der Waals surface area contributed by atoms with Crippen LogP contribution in [0, 0.1) is 5.92 Å². The second-order valence-electron chi connectivity index (χ2n) is 2.42. The molecule has 56 valence electrons. The quantitative estimate of drug-likeness (QED) is 0.643. The van der Waals surface area contributed by atoms with Gasteiger partial charge in [-0.15, -0.1) is 5.10 Å². The smallest absolute Gasteiger partial charge is 0.135 e. The molecule has 0 unspecified atom stereocenters. The van der Waals surface area contributed by atoms with Crippen molar-refractivity contribution in [3.63, 3.8) is 0 Å². The summed E-state index contributed by atoms with van der Waals surface area (Å²) in [6.07, 6.45) is 5.86. The van der Waals surface area contributed by atoms with Crippen LogP contribution in [-0.4, -0.2) is 11.5 Å². The van der Waals surface area contributed by atoms with Crippen LogP contribution in [0.25, 0.3) is 0 Å². The monoisotopic (exact) mass is 211 g/mol. The van der Waals surface area contributed by atoms with Gasteiger partial charge < -0.3 is 5.73 Å². The lowest BCUT2D eigenvalue weighted by Gasteiger charge is -2.08. The normalized spacial score (nSPS) is 27.4. The lowest BCUT2D eigenvalue weighted by Crippen LogP contribution is -2.25. The summed E-state index contributed by atoms with van der Waals surface area (Å²) in [5.74, 6) is 0.684. The maximum absolute atomic E-state index is 5.57. The third kappa shape index (κ3) is 1.03. The third-order valence-corrected chi connectivity index (χ3v) is 2.15. The summed E-state index contributed by atoms with van der Waals surface area (Å²) >= 11 is 3.35. The Kier molecular flexibility index (Phi) is 1.42. The maximum Gasteiger partial charge on any atom is 0.135 e. The van der Waals surface area contributed by atoms with Gasteiger partial charge in [0.2, 0.25) is 0 Å². The molecular weight excluding hydrogens is 206 g/mol. The van der Waals surface area contributed by atoms with Gasteiger partial charge in [-0.2, -0.15) is 5.10 Å². The first-order valence-electron chi connectivity index (χ1n) is 3.23. The summed E-state index contributed by atoms with van der Waals surface area (Å²) in [4.78, 5) is 0. The Hall–Kier alpha value is -0.900. The highest BCUT2D eigenvalue weighted by Gasteiger charge is 2.23. The lowest BCUT2D eigenvalue weighted by atomic mass is 9.98. The van der Waals surface area contributed by atoms with Crippen molar-refractivity contribution in [3.8, 4) is 0 Å². The molecule has 0 saturated carbocycles. The minimum atomic E-state index is 0.108. The highest BCUT2D eigenvalue weighted by Crippen LogP contribution is 2.21. The summed E-state index contributed by atoms with van der Waals surface area (Å²) in [6, 6.07) is 0. The van der Waals surface area contributed by atoms with Gasteiger partial charge in [-0.1, -0.05) is 28.1 Å². The van der Waals surface area contributed by atoms with E-state index in [-0.39, 0.29) is 5.92 Å². The summed E-state index contributed by atoms with van der Waals surface area (Å²) in [7, 11) is 0. The molecule has 0 aromatic carbocycles. The topological polar surface area (TPSA) is 50.7 Å². The van der Waals surface area contributed by atoms with Crippen molar-refractivity contribution in [3.05, 3.63) is 22.7 Å².